The number of unbranched alkanes of at least 4 members (excludes halogenated alkanes) is 3. The van der Waals surface area contributed by atoms with Gasteiger partial charge in [-0.3, -0.25) is 4.79 Å². The van der Waals surface area contributed by atoms with E-state index >= 15 is 0 Å². The molecule has 0 aromatic heterocycles. The van der Waals surface area contributed by atoms with Crippen LogP contribution in [0.15, 0.2) is 0 Å². The third-order valence-corrected chi connectivity index (χ3v) is 2.95. The SMILES string of the molecule is C[C@H](O)CCCCCC[C@@H]1OC(=O)C[C@H]1O. The molecule has 0 amide bonds. The molecule has 1 fully saturated rings. The molecule has 0 saturated carbocycles. The van der Waals surface area contributed by atoms with Crippen molar-refractivity contribution >= 4 is 5.97 Å². The highest BCUT2D eigenvalue weighted by molar-refractivity contribution is 5.72. The van der Waals surface area contributed by atoms with E-state index in [1.165, 1.54) is 0 Å². The van der Waals surface area contributed by atoms with Gasteiger partial charge in [0, 0.05) is 0 Å². The van der Waals surface area contributed by atoms with Gasteiger partial charge in [0.1, 0.15) is 12.2 Å². The maximum absolute atomic E-state index is 10.9. The van der Waals surface area contributed by atoms with Gasteiger partial charge in [-0.05, 0) is 26.2 Å². The van der Waals surface area contributed by atoms with Gasteiger partial charge < -0.3 is 14.9 Å². The molecule has 0 spiro atoms. The van der Waals surface area contributed by atoms with Gasteiger partial charge in [-0.25, -0.2) is 0 Å². The van der Waals surface area contributed by atoms with Gasteiger partial charge >= 0.3 is 5.97 Å². The van der Waals surface area contributed by atoms with Crippen LogP contribution in [0.5, 0.6) is 0 Å². The number of carbonyl (C=O) groups is 1. The molecule has 0 aromatic rings. The van der Waals surface area contributed by atoms with Crippen molar-refractivity contribution in [1.82, 2.24) is 0 Å². The lowest BCUT2D eigenvalue weighted by atomic mass is 10.0. The number of ether oxygens (including phenoxy) is 1. The summed E-state index contributed by atoms with van der Waals surface area (Å²) in [7, 11) is 0. The Labute approximate surface area is 96.6 Å². The van der Waals surface area contributed by atoms with Crippen LogP contribution in [0.4, 0.5) is 0 Å². The topological polar surface area (TPSA) is 66.8 Å². The summed E-state index contributed by atoms with van der Waals surface area (Å²) in [5.41, 5.74) is 0. The van der Waals surface area contributed by atoms with E-state index in [9.17, 15) is 9.90 Å². The first-order valence-electron chi connectivity index (χ1n) is 6.15. The summed E-state index contributed by atoms with van der Waals surface area (Å²) in [6.07, 6.45) is 4.79. The molecule has 3 atom stereocenters. The largest absolute Gasteiger partial charge is 0.460 e. The van der Waals surface area contributed by atoms with Crippen LogP contribution in [-0.4, -0.2) is 34.5 Å². The van der Waals surface area contributed by atoms with E-state index in [-0.39, 0.29) is 24.6 Å². The normalized spacial score (nSPS) is 26.8. The molecule has 0 unspecified atom stereocenters. The second-order valence-corrected chi connectivity index (χ2v) is 4.64. The second-order valence-electron chi connectivity index (χ2n) is 4.64. The summed E-state index contributed by atoms with van der Waals surface area (Å²) in [5, 5.41) is 18.5. The summed E-state index contributed by atoms with van der Waals surface area (Å²) >= 11 is 0. The number of aliphatic hydroxyl groups is 2. The second kappa shape index (κ2) is 6.86. The van der Waals surface area contributed by atoms with E-state index in [4.69, 9.17) is 9.84 Å². The summed E-state index contributed by atoms with van der Waals surface area (Å²) in [4.78, 5) is 10.9. The van der Waals surface area contributed by atoms with Gasteiger partial charge in [0.15, 0.2) is 0 Å². The van der Waals surface area contributed by atoms with E-state index in [1.807, 2.05) is 0 Å². The number of carbonyl (C=O) groups excluding carboxylic acids is 1. The molecular formula is C12H22O4. The van der Waals surface area contributed by atoms with Gasteiger partial charge in [-0.2, -0.15) is 0 Å². The number of hydrogen-bond acceptors (Lipinski definition) is 4. The lowest BCUT2D eigenvalue weighted by Crippen LogP contribution is -2.20. The van der Waals surface area contributed by atoms with Gasteiger partial charge in [-0.1, -0.05) is 19.3 Å². The van der Waals surface area contributed by atoms with Gasteiger partial charge in [0.25, 0.3) is 0 Å². The molecular weight excluding hydrogens is 208 g/mol. The summed E-state index contributed by atoms with van der Waals surface area (Å²) in [6.45, 7) is 1.80. The van der Waals surface area contributed by atoms with Crippen molar-refractivity contribution in [3.05, 3.63) is 0 Å². The Hall–Kier alpha value is -0.610. The van der Waals surface area contributed by atoms with Crippen LogP contribution in [0.25, 0.3) is 0 Å². The standard InChI is InChI=1S/C12H22O4/c1-9(13)6-4-2-3-5-7-11-10(14)8-12(15)16-11/h9-11,13-14H,2-8H2,1H3/t9-,10+,11-/m0/s1. The first-order valence-corrected chi connectivity index (χ1v) is 6.15. The third kappa shape index (κ3) is 4.94. The van der Waals surface area contributed by atoms with Crippen molar-refractivity contribution in [3.63, 3.8) is 0 Å². The van der Waals surface area contributed by atoms with Crippen molar-refractivity contribution in [1.29, 1.82) is 0 Å². The molecule has 1 heterocycles. The first kappa shape index (κ1) is 13.5. The van der Waals surface area contributed by atoms with Crippen LogP contribution < -0.4 is 0 Å². The summed E-state index contributed by atoms with van der Waals surface area (Å²) in [6, 6.07) is 0. The number of hydrogen-bond donors (Lipinski definition) is 2. The number of rotatable bonds is 7. The van der Waals surface area contributed by atoms with Crippen molar-refractivity contribution in [3.8, 4) is 0 Å². The number of aliphatic hydroxyl groups excluding tert-OH is 2. The molecule has 1 saturated heterocycles. The van der Waals surface area contributed by atoms with Crippen LogP contribution in [0.3, 0.4) is 0 Å². The lowest BCUT2D eigenvalue weighted by Gasteiger charge is -2.12. The zero-order valence-electron chi connectivity index (χ0n) is 9.89. The number of cyclic esters (lactones) is 1. The zero-order chi connectivity index (χ0) is 12.0. The fourth-order valence-electron chi connectivity index (χ4n) is 1.99. The zero-order valence-corrected chi connectivity index (χ0v) is 9.89. The molecule has 16 heavy (non-hydrogen) atoms. The Morgan fingerprint density at radius 1 is 1.38 bits per heavy atom. The van der Waals surface area contributed by atoms with Crippen LogP contribution in [0.2, 0.25) is 0 Å². The molecule has 0 radical (unpaired) electrons. The smallest absolute Gasteiger partial charge is 0.308 e. The first-order chi connectivity index (χ1) is 7.59. The highest BCUT2D eigenvalue weighted by Crippen LogP contribution is 2.20. The van der Waals surface area contributed by atoms with Crippen LogP contribution >= 0.6 is 0 Å². The molecule has 0 aromatic carbocycles. The van der Waals surface area contributed by atoms with Crippen molar-refractivity contribution in [2.75, 3.05) is 0 Å². The highest BCUT2D eigenvalue weighted by atomic mass is 16.6. The minimum Gasteiger partial charge on any atom is -0.460 e. The Balaban J connectivity index is 1.97. The monoisotopic (exact) mass is 230 g/mol. The minimum atomic E-state index is -0.607. The maximum atomic E-state index is 10.9. The maximum Gasteiger partial charge on any atom is 0.308 e. The predicted octanol–water partition coefficient (Wildman–Crippen LogP) is 1.38. The summed E-state index contributed by atoms with van der Waals surface area (Å²) < 4.78 is 4.99. The molecule has 2 N–H and O–H groups in total. The van der Waals surface area contributed by atoms with Crippen molar-refractivity contribution < 1.29 is 19.7 Å². The Bertz CT molecular complexity index is 215. The van der Waals surface area contributed by atoms with Gasteiger partial charge in [-0.15, -0.1) is 0 Å². The van der Waals surface area contributed by atoms with E-state index in [2.05, 4.69) is 0 Å². The molecule has 4 nitrogen and oxygen atoms in total. The Morgan fingerprint density at radius 2 is 2.06 bits per heavy atom. The quantitative estimate of drug-likeness (QED) is 0.512. The fourth-order valence-corrected chi connectivity index (χ4v) is 1.99. The third-order valence-electron chi connectivity index (χ3n) is 2.95. The Kier molecular flexibility index (Phi) is 5.77. The molecule has 0 aliphatic carbocycles. The lowest BCUT2D eigenvalue weighted by molar-refractivity contribution is -0.142. The van der Waals surface area contributed by atoms with Crippen molar-refractivity contribution in [2.24, 2.45) is 0 Å². The van der Waals surface area contributed by atoms with Gasteiger partial charge in [0.05, 0.1) is 12.5 Å². The van der Waals surface area contributed by atoms with Crippen molar-refractivity contribution in [2.45, 2.75) is 70.2 Å². The molecule has 4 heteroatoms. The van der Waals surface area contributed by atoms with E-state index < -0.39 is 6.10 Å². The highest BCUT2D eigenvalue weighted by Gasteiger charge is 2.32. The molecule has 1 rings (SSSR count). The van der Waals surface area contributed by atoms with Crippen LogP contribution in [-0.2, 0) is 9.53 Å². The molecule has 94 valence electrons. The summed E-state index contributed by atoms with van der Waals surface area (Å²) in [5.74, 6) is -0.286. The average molecular weight is 230 g/mol. The van der Waals surface area contributed by atoms with Crippen LogP contribution in [0.1, 0.15) is 51.9 Å². The number of esters is 1. The van der Waals surface area contributed by atoms with Crippen LogP contribution in [0, 0.1) is 0 Å². The van der Waals surface area contributed by atoms with Gasteiger partial charge in [0.2, 0.25) is 0 Å². The average Bonchev–Trinajstić information content (AvgIpc) is 2.50. The molecule has 1 aliphatic rings. The predicted molar refractivity (Wildman–Crippen MR) is 59.9 cm³/mol. The molecule has 1 aliphatic heterocycles. The van der Waals surface area contributed by atoms with E-state index in [1.54, 1.807) is 6.92 Å². The van der Waals surface area contributed by atoms with E-state index in [0.717, 1.165) is 38.5 Å². The van der Waals surface area contributed by atoms with E-state index in [0.29, 0.717) is 0 Å². The Morgan fingerprint density at radius 3 is 2.62 bits per heavy atom. The fraction of sp³-hybridized carbons (Fsp3) is 0.917. The molecule has 0 bridgehead atoms. The minimum absolute atomic E-state index is 0.146.